The highest BCUT2D eigenvalue weighted by Crippen LogP contribution is 2.31. The Bertz CT molecular complexity index is 1000. The molecule has 0 saturated carbocycles. The second-order valence-corrected chi connectivity index (χ2v) is 5.44. The van der Waals surface area contributed by atoms with E-state index in [2.05, 4.69) is 4.99 Å². The first-order valence-electron chi connectivity index (χ1n) is 8.06. The summed E-state index contributed by atoms with van der Waals surface area (Å²) in [5.74, 6) is -10.4. The molecule has 0 spiro atoms. The molecule has 0 unspecified atom stereocenters. The maximum absolute atomic E-state index is 14.0. The third-order valence-electron chi connectivity index (χ3n) is 3.62. The molecule has 2 aromatic carbocycles. The van der Waals surface area contributed by atoms with Gasteiger partial charge in [0.15, 0.2) is 23.3 Å². The number of halogens is 4. The number of benzene rings is 2. The van der Waals surface area contributed by atoms with Crippen molar-refractivity contribution in [1.82, 2.24) is 0 Å². The summed E-state index contributed by atoms with van der Waals surface area (Å²) in [6, 6.07) is 4.12. The minimum absolute atomic E-state index is 0.101. The van der Waals surface area contributed by atoms with Crippen LogP contribution in [0.1, 0.15) is 12.5 Å². The molecule has 29 heavy (non-hydrogen) atoms. The fourth-order valence-electron chi connectivity index (χ4n) is 2.18. The molecule has 0 aliphatic heterocycles. The fourth-order valence-corrected chi connectivity index (χ4v) is 2.18. The molecule has 0 saturated heterocycles. The van der Waals surface area contributed by atoms with Gasteiger partial charge in [0.2, 0.25) is 0 Å². The van der Waals surface area contributed by atoms with Crippen molar-refractivity contribution in [3.8, 4) is 11.5 Å². The molecule has 0 aromatic heterocycles. The van der Waals surface area contributed by atoms with Gasteiger partial charge < -0.3 is 19.7 Å². The lowest BCUT2D eigenvalue weighted by Crippen LogP contribution is -2.12. The van der Waals surface area contributed by atoms with E-state index in [1.807, 2.05) is 0 Å². The first-order valence-corrected chi connectivity index (χ1v) is 8.06. The average molecular weight is 413 g/mol. The number of hydrogen-bond acceptors (Lipinski definition) is 6. The zero-order valence-corrected chi connectivity index (χ0v) is 15.2. The summed E-state index contributed by atoms with van der Waals surface area (Å²) in [5.41, 5.74) is -2.01. The molecular formula is C19H15F4NO5. The van der Waals surface area contributed by atoms with E-state index in [4.69, 9.17) is 9.47 Å². The van der Waals surface area contributed by atoms with Gasteiger partial charge in [-0.2, -0.15) is 0 Å². The number of carbonyl (C=O) groups excluding carboxylic acids is 1. The molecule has 0 aliphatic rings. The zero-order chi connectivity index (χ0) is 21.7. The molecule has 0 bridgehead atoms. The Balaban J connectivity index is 2.64. The number of phenols is 1. The molecule has 10 heteroatoms. The van der Waals surface area contributed by atoms with Crippen LogP contribution in [0.25, 0.3) is 5.76 Å². The summed E-state index contributed by atoms with van der Waals surface area (Å²) in [7, 11) is 1.36. The predicted octanol–water partition coefficient (Wildman–Crippen LogP) is 4.19. The standard InChI is InChI=1S/C19H15F4NO5/c1-3-29-19(27)11(8-24-13-6-9(28-2)4-5-14(13)25)18(26)10-7-12(20)16(22)17(23)15(10)21/h4-8,25-26H,3H2,1-2H3/b18-11+,24-8?. The van der Waals surface area contributed by atoms with Crippen molar-refractivity contribution in [3.63, 3.8) is 0 Å². The van der Waals surface area contributed by atoms with Gasteiger partial charge in [0.1, 0.15) is 28.5 Å². The number of aliphatic hydroxyl groups is 1. The number of ether oxygens (including phenoxy) is 2. The molecule has 154 valence electrons. The van der Waals surface area contributed by atoms with Crippen LogP contribution in [0.5, 0.6) is 11.5 Å². The molecule has 0 fully saturated rings. The molecule has 6 nitrogen and oxygen atoms in total. The van der Waals surface area contributed by atoms with Crippen LogP contribution in [0.4, 0.5) is 23.2 Å². The summed E-state index contributed by atoms with van der Waals surface area (Å²) in [4.78, 5) is 15.9. The van der Waals surface area contributed by atoms with Gasteiger partial charge in [0.05, 0.1) is 19.3 Å². The van der Waals surface area contributed by atoms with Crippen LogP contribution in [-0.2, 0) is 9.53 Å². The van der Waals surface area contributed by atoms with E-state index in [0.29, 0.717) is 12.0 Å². The van der Waals surface area contributed by atoms with Gasteiger partial charge >= 0.3 is 5.97 Å². The SMILES string of the molecule is CCOC(=O)/C(C=Nc1cc(OC)ccc1O)=C(/O)c1cc(F)c(F)c(F)c1F. The Morgan fingerprint density at radius 2 is 1.83 bits per heavy atom. The van der Waals surface area contributed by atoms with Gasteiger partial charge in [0.25, 0.3) is 0 Å². The van der Waals surface area contributed by atoms with E-state index in [1.54, 1.807) is 0 Å². The van der Waals surface area contributed by atoms with Crippen LogP contribution in [0, 0.1) is 23.3 Å². The van der Waals surface area contributed by atoms with Crippen LogP contribution in [0.15, 0.2) is 34.8 Å². The van der Waals surface area contributed by atoms with E-state index < -0.39 is 46.1 Å². The fraction of sp³-hybridized carbons (Fsp3) is 0.158. The Kier molecular flexibility index (Phi) is 6.81. The van der Waals surface area contributed by atoms with Crippen LogP contribution in [0.3, 0.4) is 0 Å². The predicted molar refractivity (Wildman–Crippen MR) is 95.3 cm³/mol. The molecule has 0 atom stereocenters. The summed E-state index contributed by atoms with van der Waals surface area (Å²) < 4.78 is 63.8. The van der Waals surface area contributed by atoms with Crippen LogP contribution < -0.4 is 4.74 Å². The summed E-state index contributed by atoms with van der Waals surface area (Å²) in [6.07, 6.45) is 0.695. The number of aliphatic imine (C=N–C) groups is 1. The molecule has 2 aromatic rings. The van der Waals surface area contributed by atoms with Crippen molar-refractivity contribution in [3.05, 3.63) is 58.7 Å². The van der Waals surface area contributed by atoms with Gasteiger partial charge in [-0.25, -0.2) is 22.4 Å². The summed E-state index contributed by atoms with van der Waals surface area (Å²) in [6.45, 7) is 1.29. The summed E-state index contributed by atoms with van der Waals surface area (Å²) in [5, 5.41) is 20.1. The highest BCUT2D eigenvalue weighted by molar-refractivity contribution is 6.15. The Labute approximate surface area is 162 Å². The third-order valence-corrected chi connectivity index (χ3v) is 3.62. The highest BCUT2D eigenvalue weighted by atomic mass is 19.2. The second-order valence-electron chi connectivity index (χ2n) is 5.44. The number of aromatic hydroxyl groups is 1. The molecule has 2 rings (SSSR count). The molecule has 0 heterocycles. The van der Waals surface area contributed by atoms with E-state index >= 15 is 0 Å². The van der Waals surface area contributed by atoms with Gasteiger partial charge in [-0.05, 0) is 25.1 Å². The van der Waals surface area contributed by atoms with Crippen molar-refractivity contribution in [2.24, 2.45) is 4.99 Å². The minimum Gasteiger partial charge on any atom is -0.506 e. The van der Waals surface area contributed by atoms with Crippen LogP contribution >= 0.6 is 0 Å². The van der Waals surface area contributed by atoms with E-state index in [-0.39, 0.29) is 24.1 Å². The lowest BCUT2D eigenvalue weighted by Gasteiger charge is -2.09. The van der Waals surface area contributed by atoms with Crippen molar-refractivity contribution >= 4 is 23.6 Å². The number of phenolic OH excluding ortho intramolecular Hbond substituents is 1. The summed E-state index contributed by atoms with van der Waals surface area (Å²) >= 11 is 0. The average Bonchev–Trinajstić information content (AvgIpc) is 2.70. The van der Waals surface area contributed by atoms with Crippen molar-refractivity contribution in [2.75, 3.05) is 13.7 Å². The number of aliphatic hydroxyl groups excluding tert-OH is 1. The highest BCUT2D eigenvalue weighted by Gasteiger charge is 2.25. The zero-order valence-electron chi connectivity index (χ0n) is 15.2. The first-order chi connectivity index (χ1) is 13.7. The number of hydrogen-bond donors (Lipinski definition) is 2. The first kappa shape index (κ1) is 21.7. The van der Waals surface area contributed by atoms with Crippen LogP contribution in [0.2, 0.25) is 0 Å². The molecular weight excluding hydrogens is 398 g/mol. The second kappa shape index (κ2) is 9.09. The van der Waals surface area contributed by atoms with Gasteiger partial charge in [-0.15, -0.1) is 0 Å². The number of carbonyl (C=O) groups is 1. The minimum atomic E-state index is -2.17. The van der Waals surface area contributed by atoms with Crippen molar-refractivity contribution in [2.45, 2.75) is 6.92 Å². The molecule has 2 N–H and O–H groups in total. The number of nitrogens with zero attached hydrogens (tertiary/aromatic N) is 1. The lowest BCUT2D eigenvalue weighted by atomic mass is 10.1. The molecule has 0 aliphatic carbocycles. The van der Waals surface area contributed by atoms with Gasteiger partial charge in [0, 0.05) is 12.3 Å². The lowest BCUT2D eigenvalue weighted by molar-refractivity contribution is -0.137. The smallest absolute Gasteiger partial charge is 0.343 e. The number of esters is 1. The molecule has 0 radical (unpaired) electrons. The van der Waals surface area contributed by atoms with Gasteiger partial charge in [-0.3, -0.25) is 4.99 Å². The number of rotatable bonds is 6. The largest absolute Gasteiger partial charge is 0.506 e. The maximum atomic E-state index is 14.0. The number of methoxy groups -OCH3 is 1. The quantitative estimate of drug-likeness (QED) is 0.141. The van der Waals surface area contributed by atoms with E-state index in [9.17, 15) is 32.6 Å². The van der Waals surface area contributed by atoms with Crippen LogP contribution in [-0.4, -0.2) is 36.1 Å². The Morgan fingerprint density at radius 1 is 1.14 bits per heavy atom. The van der Waals surface area contributed by atoms with Gasteiger partial charge in [-0.1, -0.05) is 0 Å². The van der Waals surface area contributed by atoms with E-state index in [1.165, 1.54) is 32.2 Å². The normalized spacial score (nSPS) is 12.1. The monoisotopic (exact) mass is 413 g/mol. The maximum Gasteiger partial charge on any atom is 0.343 e. The Hall–Kier alpha value is -3.56. The Morgan fingerprint density at radius 3 is 2.45 bits per heavy atom. The van der Waals surface area contributed by atoms with Crippen molar-refractivity contribution < 1.29 is 42.0 Å². The topological polar surface area (TPSA) is 88.4 Å². The van der Waals surface area contributed by atoms with E-state index in [0.717, 1.165) is 0 Å². The molecule has 0 amide bonds. The van der Waals surface area contributed by atoms with Crippen molar-refractivity contribution in [1.29, 1.82) is 0 Å². The third kappa shape index (κ3) is 4.65.